The third-order valence-corrected chi connectivity index (χ3v) is 9.53. The molecule has 0 unspecified atom stereocenters. The van der Waals surface area contributed by atoms with Crippen LogP contribution < -0.4 is 0 Å². The summed E-state index contributed by atoms with van der Waals surface area (Å²) in [5.41, 5.74) is 0.265. The maximum Gasteiger partial charge on any atom is 0.168 e. The van der Waals surface area contributed by atoms with E-state index in [1.807, 2.05) is 0 Å². The van der Waals surface area contributed by atoms with Gasteiger partial charge in [0.1, 0.15) is 0 Å². The van der Waals surface area contributed by atoms with Crippen LogP contribution in [0.5, 0.6) is 0 Å². The lowest BCUT2D eigenvalue weighted by atomic mass is 9.43. The molecule has 4 rings (SSSR count). The molecule has 0 aliphatic heterocycles. The number of fused-ring (bicyclic) bond motifs is 5. The minimum absolute atomic E-state index is 0.264. The number of hydrogen-bond donors (Lipinski definition) is 2. The summed E-state index contributed by atoms with van der Waals surface area (Å²) in [4.78, 5) is 0. The normalized spacial score (nSPS) is 54.9. The van der Waals surface area contributed by atoms with Crippen LogP contribution in [-0.4, -0.2) is 16.0 Å². The Morgan fingerprint density at radius 3 is 2.39 bits per heavy atom. The van der Waals surface area contributed by atoms with Gasteiger partial charge in [0.25, 0.3) is 0 Å². The van der Waals surface area contributed by atoms with Crippen LogP contribution in [0.3, 0.4) is 0 Å². The molecule has 4 saturated carbocycles. The number of rotatable bonds is 1. The Morgan fingerprint density at radius 1 is 0.870 bits per heavy atom. The minimum Gasteiger partial charge on any atom is -0.365 e. The van der Waals surface area contributed by atoms with E-state index in [1.54, 1.807) is 0 Å². The molecule has 4 aliphatic carbocycles. The van der Waals surface area contributed by atoms with E-state index in [-0.39, 0.29) is 5.41 Å². The smallest absolute Gasteiger partial charge is 0.168 e. The summed E-state index contributed by atoms with van der Waals surface area (Å²) in [6.45, 7) is 7.17. The molecule has 0 amide bonds. The lowest BCUT2D eigenvalue weighted by Crippen LogP contribution is -2.63. The first-order chi connectivity index (χ1) is 10.8. The number of hydrogen-bond acceptors (Lipinski definition) is 2. The summed E-state index contributed by atoms with van der Waals surface area (Å²) < 4.78 is 0. The van der Waals surface area contributed by atoms with E-state index in [0.29, 0.717) is 23.7 Å². The van der Waals surface area contributed by atoms with Crippen molar-refractivity contribution in [2.45, 2.75) is 90.8 Å². The largest absolute Gasteiger partial charge is 0.365 e. The first-order valence-electron chi connectivity index (χ1n) is 10.3. The van der Waals surface area contributed by atoms with E-state index in [9.17, 15) is 10.2 Å². The highest BCUT2D eigenvalue weighted by atomic mass is 16.5. The van der Waals surface area contributed by atoms with E-state index in [4.69, 9.17) is 0 Å². The Bertz CT molecular complexity index is 472. The van der Waals surface area contributed by atoms with Crippen LogP contribution in [0, 0.1) is 40.4 Å². The van der Waals surface area contributed by atoms with Gasteiger partial charge < -0.3 is 10.2 Å². The van der Waals surface area contributed by atoms with Crippen molar-refractivity contribution in [1.29, 1.82) is 0 Å². The van der Waals surface area contributed by atoms with Gasteiger partial charge in [0.05, 0.1) is 0 Å². The zero-order chi connectivity index (χ0) is 16.5. The quantitative estimate of drug-likeness (QED) is 0.685. The first-order valence-corrected chi connectivity index (χ1v) is 10.3. The Morgan fingerprint density at radius 2 is 1.65 bits per heavy atom. The fourth-order valence-corrected chi connectivity index (χ4v) is 8.14. The predicted octanol–water partition coefficient (Wildman–Crippen LogP) is 4.74. The fraction of sp³-hybridized carbons (Fsp3) is 1.00. The highest BCUT2D eigenvalue weighted by molar-refractivity contribution is 5.11. The third kappa shape index (κ3) is 2.00. The second-order valence-electron chi connectivity index (χ2n) is 9.87. The number of aliphatic hydroxyl groups is 2. The molecule has 132 valence electrons. The molecule has 23 heavy (non-hydrogen) atoms. The topological polar surface area (TPSA) is 40.5 Å². The van der Waals surface area contributed by atoms with Crippen LogP contribution in [0.2, 0.25) is 0 Å². The van der Waals surface area contributed by atoms with Gasteiger partial charge in [-0.05, 0) is 86.4 Å². The molecule has 0 radical (unpaired) electrons. The van der Waals surface area contributed by atoms with E-state index >= 15 is 0 Å². The van der Waals surface area contributed by atoms with E-state index < -0.39 is 5.79 Å². The van der Waals surface area contributed by atoms with Crippen molar-refractivity contribution in [3.63, 3.8) is 0 Å². The van der Waals surface area contributed by atoms with Crippen molar-refractivity contribution in [3.8, 4) is 0 Å². The van der Waals surface area contributed by atoms with Gasteiger partial charge in [0, 0.05) is 11.8 Å². The molecule has 2 heteroatoms. The lowest BCUT2D eigenvalue weighted by Gasteiger charge is -2.63. The van der Waals surface area contributed by atoms with Crippen molar-refractivity contribution in [1.82, 2.24) is 0 Å². The molecule has 0 saturated heterocycles. The minimum atomic E-state index is -1.43. The average Bonchev–Trinajstić information content (AvgIpc) is 2.85. The van der Waals surface area contributed by atoms with Gasteiger partial charge >= 0.3 is 0 Å². The second kappa shape index (κ2) is 5.21. The van der Waals surface area contributed by atoms with E-state index in [0.717, 1.165) is 24.2 Å². The van der Waals surface area contributed by atoms with E-state index in [1.165, 1.54) is 51.4 Å². The molecule has 2 nitrogen and oxygen atoms in total. The third-order valence-electron chi connectivity index (χ3n) is 9.53. The van der Waals surface area contributed by atoms with Gasteiger partial charge in [0.15, 0.2) is 5.79 Å². The fourth-order valence-electron chi connectivity index (χ4n) is 8.14. The second-order valence-corrected chi connectivity index (χ2v) is 9.87. The standard InChI is InChI=1S/C21H36O2/c1-4-14-8-10-17-16-9-7-15-6-5-12-21(22,23)20(15,3)18(16)11-13-19(14,17)2/h14-18,22-23H,4-13H2,1-3H3/t14-,15+,16-,17-,18-,19+,20-/m0/s1. The Balaban J connectivity index is 1.68. The molecule has 0 aromatic rings. The van der Waals surface area contributed by atoms with E-state index in [2.05, 4.69) is 20.8 Å². The van der Waals surface area contributed by atoms with Crippen molar-refractivity contribution in [2.24, 2.45) is 40.4 Å². The van der Waals surface area contributed by atoms with Crippen LogP contribution in [0.25, 0.3) is 0 Å². The summed E-state index contributed by atoms with van der Waals surface area (Å²) >= 11 is 0. The highest BCUT2D eigenvalue weighted by Gasteiger charge is 2.65. The SMILES string of the molecule is CC[C@H]1CC[C@H]2[C@@H]3CC[C@H]4CCCC(O)(O)[C@]4(C)[C@H]3CC[C@]12C. The van der Waals surface area contributed by atoms with Crippen molar-refractivity contribution in [2.75, 3.05) is 0 Å². The van der Waals surface area contributed by atoms with Gasteiger partial charge in [-0.1, -0.05) is 27.2 Å². The summed E-state index contributed by atoms with van der Waals surface area (Å²) in [6.07, 6.45) is 12.0. The molecule has 2 N–H and O–H groups in total. The first kappa shape index (κ1) is 16.4. The molecule has 0 heterocycles. The van der Waals surface area contributed by atoms with Gasteiger partial charge in [-0.3, -0.25) is 0 Å². The zero-order valence-electron chi connectivity index (χ0n) is 15.4. The monoisotopic (exact) mass is 320 g/mol. The predicted molar refractivity (Wildman–Crippen MR) is 92.7 cm³/mol. The molecule has 0 spiro atoms. The van der Waals surface area contributed by atoms with Crippen molar-refractivity contribution >= 4 is 0 Å². The Kier molecular flexibility index (Phi) is 3.71. The van der Waals surface area contributed by atoms with Crippen molar-refractivity contribution < 1.29 is 10.2 Å². The molecular weight excluding hydrogens is 284 g/mol. The lowest BCUT2D eigenvalue weighted by molar-refractivity contribution is -0.313. The van der Waals surface area contributed by atoms with Crippen LogP contribution in [0.15, 0.2) is 0 Å². The summed E-state index contributed by atoms with van der Waals surface area (Å²) in [7, 11) is 0. The molecule has 7 atom stereocenters. The molecular formula is C21H36O2. The average molecular weight is 321 g/mol. The Hall–Kier alpha value is -0.0800. The van der Waals surface area contributed by atoms with Gasteiger partial charge in [-0.2, -0.15) is 0 Å². The zero-order valence-corrected chi connectivity index (χ0v) is 15.4. The summed E-state index contributed by atoms with van der Waals surface area (Å²) in [5.74, 6) is 2.10. The molecule has 0 bridgehead atoms. The van der Waals surface area contributed by atoms with Crippen molar-refractivity contribution in [3.05, 3.63) is 0 Å². The van der Waals surface area contributed by atoms with Crippen LogP contribution in [0.1, 0.15) is 85.0 Å². The summed E-state index contributed by atoms with van der Waals surface area (Å²) in [6, 6.07) is 0. The molecule has 4 fully saturated rings. The maximum absolute atomic E-state index is 10.9. The highest BCUT2D eigenvalue weighted by Crippen LogP contribution is 2.69. The molecule has 4 aliphatic rings. The summed E-state index contributed by atoms with van der Waals surface area (Å²) in [5, 5.41) is 21.9. The van der Waals surface area contributed by atoms with Gasteiger partial charge in [0.2, 0.25) is 0 Å². The van der Waals surface area contributed by atoms with Crippen LogP contribution in [-0.2, 0) is 0 Å². The maximum atomic E-state index is 10.9. The van der Waals surface area contributed by atoms with Crippen LogP contribution >= 0.6 is 0 Å². The Labute approximate surface area is 142 Å². The van der Waals surface area contributed by atoms with Gasteiger partial charge in [-0.25, -0.2) is 0 Å². The molecule has 0 aromatic carbocycles. The molecule has 0 aromatic heterocycles. The van der Waals surface area contributed by atoms with Crippen LogP contribution in [0.4, 0.5) is 0 Å². The van der Waals surface area contributed by atoms with Gasteiger partial charge in [-0.15, -0.1) is 0 Å².